The lowest BCUT2D eigenvalue weighted by Crippen LogP contribution is -2.01. The quantitative estimate of drug-likeness (QED) is 0.186. The summed E-state index contributed by atoms with van der Waals surface area (Å²) in [5.41, 5.74) is 9.03. The van der Waals surface area contributed by atoms with Crippen molar-refractivity contribution in [3.63, 3.8) is 0 Å². The van der Waals surface area contributed by atoms with Gasteiger partial charge in [0.1, 0.15) is 11.2 Å². The highest BCUT2D eigenvalue weighted by Crippen LogP contribution is 2.41. The summed E-state index contributed by atoms with van der Waals surface area (Å²) in [4.78, 5) is 15.5. The van der Waals surface area contributed by atoms with Crippen LogP contribution in [0.15, 0.2) is 180 Å². The van der Waals surface area contributed by atoms with Crippen LogP contribution in [0.4, 0.5) is 0 Å². The largest absolute Gasteiger partial charge is 0.456 e. The van der Waals surface area contributed by atoms with Crippen molar-refractivity contribution in [3.8, 4) is 56.4 Å². The lowest BCUT2D eigenvalue weighted by Gasteiger charge is -2.16. The van der Waals surface area contributed by atoms with Gasteiger partial charge in [-0.2, -0.15) is 0 Å². The molecular formula is C47H29N3O. The fourth-order valence-electron chi connectivity index (χ4n) is 7.30. The van der Waals surface area contributed by atoms with E-state index < -0.39 is 0 Å². The predicted molar refractivity (Wildman–Crippen MR) is 209 cm³/mol. The molecule has 2 heterocycles. The first-order valence-electron chi connectivity index (χ1n) is 17.1. The smallest absolute Gasteiger partial charge is 0.164 e. The van der Waals surface area contributed by atoms with Gasteiger partial charge in [-0.1, -0.05) is 140 Å². The lowest BCUT2D eigenvalue weighted by molar-refractivity contribution is 0.669. The lowest BCUT2D eigenvalue weighted by atomic mass is 9.89. The first kappa shape index (κ1) is 29.0. The molecule has 4 heteroatoms. The maximum atomic E-state index is 6.26. The minimum absolute atomic E-state index is 0.599. The van der Waals surface area contributed by atoms with Gasteiger partial charge < -0.3 is 4.42 Å². The third-order valence-electron chi connectivity index (χ3n) is 9.69. The van der Waals surface area contributed by atoms with Crippen LogP contribution in [0.5, 0.6) is 0 Å². The molecule has 8 aromatic carbocycles. The van der Waals surface area contributed by atoms with Crippen LogP contribution in [0.25, 0.3) is 99.9 Å². The van der Waals surface area contributed by atoms with E-state index in [9.17, 15) is 0 Å². The van der Waals surface area contributed by atoms with E-state index in [1.165, 1.54) is 27.3 Å². The summed E-state index contributed by atoms with van der Waals surface area (Å²) < 4.78 is 6.26. The normalized spacial score (nSPS) is 11.5. The Morgan fingerprint density at radius 2 is 0.824 bits per heavy atom. The second kappa shape index (κ2) is 11.9. The molecule has 4 nitrogen and oxygen atoms in total. The van der Waals surface area contributed by atoms with Crippen LogP contribution in [0, 0.1) is 0 Å². The number of para-hydroxylation sites is 1. The zero-order valence-corrected chi connectivity index (χ0v) is 27.5. The number of aromatic nitrogens is 3. The van der Waals surface area contributed by atoms with Gasteiger partial charge in [0.05, 0.1) is 0 Å². The van der Waals surface area contributed by atoms with Crippen molar-refractivity contribution >= 4 is 43.5 Å². The van der Waals surface area contributed by atoms with Gasteiger partial charge in [-0.25, -0.2) is 15.0 Å². The standard InChI is InChI=1S/C47H29N3O/c1-3-14-30(15-4-1)34-26-32-18-7-9-20-36(32)40(28-34)41-29-35(27-33-19-8-10-21-37(33)41)46-48-45(31-16-5-2-6-17-31)49-47(50-46)39-23-13-25-43-44(39)38-22-11-12-24-42(38)51-43/h1-29H. The van der Waals surface area contributed by atoms with Gasteiger partial charge in [0.2, 0.25) is 0 Å². The molecule has 0 aliphatic rings. The number of hydrogen-bond donors (Lipinski definition) is 0. The van der Waals surface area contributed by atoms with E-state index in [0.717, 1.165) is 55.1 Å². The topological polar surface area (TPSA) is 51.8 Å². The molecule has 10 rings (SSSR count). The van der Waals surface area contributed by atoms with E-state index in [4.69, 9.17) is 19.4 Å². The van der Waals surface area contributed by atoms with E-state index >= 15 is 0 Å². The van der Waals surface area contributed by atoms with Crippen molar-refractivity contribution in [3.05, 3.63) is 176 Å². The van der Waals surface area contributed by atoms with Crippen LogP contribution in [0.1, 0.15) is 0 Å². The summed E-state index contributed by atoms with van der Waals surface area (Å²) in [5, 5.41) is 6.70. The average molecular weight is 652 g/mol. The fraction of sp³-hybridized carbons (Fsp3) is 0. The molecule has 0 unspecified atom stereocenters. The number of benzene rings is 8. The predicted octanol–water partition coefficient (Wildman–Crippen LogP) is 12.4. The van der Waals surface area contributed by atoms with Gasteiger partial charge in [0.25, 0.3) is 0 Å². The van der Waals surface area contributed by atoms with Crippen molar-refractivity contribution in [1.82, 2.24) is 15.0 Å². The molecule has 0 radical (unpaired) electrons. The minimum atomic E-state index is 0.599. The van der Waals surface area contributed by atoms with Gasteiger partial charge >= 0.3 is 0 Å². The zero-order chi connectivity index (χ0) is 33.7. The molecule has 0 aliphatic heterocycles. The van der Waals surface area contributed by atoms with Crippen LogP contribution in [-0.4, -0.2) is 15.0 Å². The zero-order valence-electron chi connectivity index (χ0n) is 27.5. The van der Waals surface area contributed by atoms with Crippen LogP contribution >= 0.6 is 0 Å². The molecule has 0 saturated carbocycles. The summed E-state index contributed by atoms with van der Waals surface area (Å²) in [6.45, 7) is 0. The highest BCUT2D eigenvalue weighted by molar-refractivity contribution is 6.12. The van der Waals surface area contributed by atoms with E-state index in [2.05, 4.69) is 115 Å². The van der Waals surface area contributed by atoms with E-state index in [1.54, 1.807) is 0 Å². The number of hydrogen-bond acceptors (Lipinski definition) is 4. The average Bonchev–Trinajstić information content (AvgIpc) is 3.59. The van der Waals surface area contributed by atoms with Crippen LogP contribution in [-0.2, 0) is 0 Å². The van der Waals surface area contributed by atoms with Gasteiger partial charge in [0, 0.05) is 27.5 Å². The highest BCUT2D eigenvalue weighted by Gasteiger charge is 2.19. The van der Waals surface area contributed by atoms with Gasteiger partial charge in [-0.05, 0) is 80.2 Å². The molecule has 0 fully saturated rings. The molecule has 238 valence electrons. The molecule has 51 heavy (non-hydrogen) atoms. The Morgan fingerprint density at radius 3 is 1.53 bits per heavy atom. The van der Waals surface area contributed by atoms with Crippen molar-refractivity contribution < 1.29 is 4.42 Å². The van der Waals surface area contributed by atoms with Crippen LogP contribution in [0.3, 0.4) is 0 Å². The summed E-state index contributed by atoms with van der Waals surface area (Å²) in [6, 6.07) is 61.2. The second-order valence-electron chi connectivity index (χ2n) is 12.8. The third kappa shape index (κ3) is 5.04. The number of rotatable bonds is 5. The van der Waals surface area contributed by atoms with Crippen molar-refractivity contribution in [2.75, 3.05) is 0 Å². The number of furan rings is 1. The summed E-state index contributed by atoms with van der Waals surface area (Å²) in [6.07, 6.45) is 0. The molecule has 0 N–H and O–H groups in total. The van der Waals surface area contributed by atoms with Gasteiger partial charge in [0.15, 0.2) is 17.5 Å². The monoisotopic (exact) mass is 651 g/mol. The SMILES string of the molecule is c1ccc(-c2cc(-c3cc(-c4nc(-c5ccccc5)nc(-c5cccc6oc7ccccc7c56)n4)cc4ccccc34)c3ccccc3c2)cc1. The maximum absolute atomic E-state index is 6.26. The Labute approximate surface area is 294 Å². The Kier molecular flexibility index (Phi) is 6.78. The number of fused-ring (bicyclic) bond motifs is 5. The molecule has 0 spiro atoms. The van der Waals surface area contributed by atoms with Crippen molar-refractivity contribution in [1.29, 1.82) is 0 Å². The first-order chi connectivity index (χ1) is 25.3. The van der Waals surface area contributed by atoms with Crippen LogP contribution in [0.2, 0.25) is 0 Å². The summed E-state index contributed by atoms with van der Waals surface area (Å²) in [7, 11) is 0. The molecule has 0 bridgehead atoms. The van der Waals surface area contributed by atoms with Crippen molar-refractivity contribution in [2.24, 2.45) is 0 Å². The molecule has 10 aromatic rings. The Morgan fingerprint density at radius 1 is 0.314 bits per heavy atom. The Balaban J connectivity index is 1.25. The van der Waals surface area contributed by atoms with Crippen molar-refractivity contribution in [2.45, 2.75) is 0 Å². The Hall–Kier alpha value is -6.91. The molecule has 0 atom stereocenters. The summed E-state index contributed by atoms with van der Waals surface area (Å²) in [5.74, 6) is 1.83. The van der Waals surface area contributed by atoms with E-state index in [1.807, 2.05) is 60.7 Å². The Bertz CT molecular complexity index is 2910. The molecule has 0 amide bonds. The fourth-order valence-corrected chi connectivity index (χ4v) is 7.30. The van der Waals surface area contributed by atoms with Gasteiger partial charge in [-0.15, -0.1) is 0 Å². The molecule has 0 saturated heterocycles. The highest BCUT2D eigenvalue weighted by atomic mass is 16.3. The third-order valence-corrected chi connectivity index (χ3v) is 9.69. The molecule has 2 aromatic heterocycles. The second-order valence-corrected chi connectivity index (χ2v) is 12.8. The molecular weight excluding hydrogens is 623 g/mol. The number of nitrogens with zero attached hydrogens (tertiary/aromatic N) is 3. The van der Waals surface area contributed by atoms with E-state index in [0.29, 0.717) is 17.5 Å². The molecule has 0 aliphatic carbocycles. The van der Waals surface area contributed by atoms with Gasteiger partial charge in [-0.3, -0.25) is 0 Å². The van der Waals surface area contributed by atoms with E-state index in [-0.39, 0.29) is 0 Å². The first-order valence-corrected chi connectivity index (χ1v) is 17.1. The minimum Gasteiger partial charge on any atom is -0.456 e. The maximum Gasteiger partial charge on any atom is 0.164 e. The van der Waals surface area contributed by atoms with Crippen LogP contribution < -0.4 is 0 Å². The summed E-state index contributed by atoms with van der Waals surface area (Å²) >= 11 is 0.